The molecule has 1 rings (SSSR count). The smallest absolute Gasteiger partial charge is 0.320 e. The first kappa shape index (κ1) is 15.0. The number of thioether (sulfide) groups is 2. The SMILES string of the molecule is CSc1cc(C[C@H](N)C(=O)O)c(SC)c(O)c1O. The number of rotatable bonds is 5. The zero-order chi connectivity index (χ0) is 13.9. The number of hydrogen-bond donors (Lipinski definition) is 4. The molecule has 0 aliphatic rings. The van der Waals surface area contributed by atoms with Gasteiger partial charge < -0.3 is 21.1 Å². The van der Waals surface area contributed by atoms with Crippen molar-refractivity contribution in [2.45, 2.75) is 22.3 Å². The van der Waals surface area contributed by atoms with E-state index in [1.807, 2.05) is 0 Å². The maximum atomic E-state index is 10.8. The third-order valence-corrected chi connectivity index (χ3v) is 4.07. The zero-order valence-electron chi connectivity index (χ0n) is 10.0. The minimum atomic E-state index is -1.10. The Hall–Kier alpha value is -1.05. The van der Waals surface area contributed by atoms with Gasteiger partial charge >= 0.3 is 5.97 Å². The Morgan fingerprint density at radius 2 is 1.94 bits per heavy atom. The summed E-state index contributed by atoms with van der Waals surface area (Å²) in [6.07, 6.45) is 3.60. The van der Waals surface area contributed by atoms with Crippen molar-refractivity contribution in [1.82, 2.24) is 0 Å². The van der Waals surface area contributed by atoms with Crippen LogP contribution in [0, 0.1) is 0 Å². The van der Waals surface area contributed by atoms with E-state index in [1.165, 1.54) is 23.5 Å². The van der Waals surface area contributed by atoms with Crippen LogP contribution in [0.5, 0.6) is 11.5 Å². The molecule has 1 aromatic carbocycles. The standard InChI is InChI=1S/C11H15NO4S2/c1-17-7-4-5(3-6(12)11(15)16)10(18-2)9(14)8(7)13/h4,6,13-14H,3,12H2,1-2H3,(H,15,16)/t6-/m0/s1. The summed E-state index contributed by atoms with van der Waals surface area (Å²) in [5.74, 6) is -1.50. The fourth-order valence-electron chi connectivity index (χ4n) is 1.53. The third kappa shape index (κ3) is 3.04. The minimum absolute atomic E-state index is 0.104. The normalized spacial score (nSPS) is 12.4. The molecule has 0 saturated carbocycles. The van der Waals surface area contributed by atoms with Crippen LogP contribution in [-0.4, -0.2) is 39.8 Å². The van der Waals surface area contributed by atoms with Crippen molar-refractivity contribution in [1.29, 1.82) is 0 Å². The van der Waals surface area contributed by atoms with Gasteiger partial charge in [0.2, 0.25) is 0 Å². The molecular formula is C11H15NO4S2. The van der Waals surface area contributed by atoms with Gasteiger partial charge in [-0.25, -0.2) is 0 Å². The van der Waals surface area contributed by atoms with Crippen LogP contribution >= 0.6 is 23.5 Å². The topological polar surface area (TPSA) is 104 Å². The Kier molecular flexibility index (Phi) is 5.18. The highest BCUT2D eigenvalue weighted by molar-refractivity contribution is 7.99. The van der Waals surface area contributed by atoms with Crippen molar-refractivity contribution < 1.29 is 20.1 Å². The van der Waals surface area contributed by atoms with E-state index in [0.717, 1.165) is 0 Å². The van der Waals surface area contributed by atoms with Gasteiger partial charge in [0.15, 0.2) is 11.5 Å². The van der Waals surface area contributed by atoms with E-state index in [-0.39, 0.29) is 17.9 Å². The first-order valence-electron chi connectivity index (χ1n) is 5.06. The molecule has 0 saturated heterocycles. The van der Waals surface area contributed by atoms with E-state index >= 15 is 0 Å². The fraction of sp³-hybridized carbons (Fsp3) is 0.364. The summed E-state index contributed by atoms with van der Waals surface area (Å²) in [4.78, 5) is 11.7. The lowest BCUT2D eigenvalue weighted by molar-refractivity contribution is -0.138. The highest BCUT2D eigenvalue weighted by atomic mass is 32.2. The summed E-state index contributed by atoms with van der Waals surface area (Å²) in [7, 11) is 0. The number of hydrogen-bond acceptors (Lipinski definition) is 6. The Labute approximate surface area is 113 Å². The Morgan fingerprint density at radius 1 is 1.33 bits per heavy atom. The van der Waals surface area contributed by atoms with E-state index in [0.29, 0.717) is 15.4 Å². The first-order chi connectivity index (χ1) is 8.42. The van der Waals surface area contributed by atoms with Gasteiger partial charge in [-0.2, -0.15) is 0 Å². The number of carbonyl (C=O) groups is 1. The molecule has 18 heavy (non-hydrogen) atoms. The summed E-state index contributed by atoms with van der Waals surface area (Å²) >= 11 is 2.51. The maximum Gasteiger partial charge on any atom is 0.320 e. The maximum absolute atomic E-state index is 10.8. The molecule has 0 aliphatic carbocycles. The number of phenols is 2. The molecule has 0 aliphatic heterocycles. The van der Waals surface area contributed by atoms with Crippen LogP contribution < -0.4 is 5.73 Å². The molecule has 0 spiro atoms. The van der Waals surface area contributed by atoms with Crippen molar-refractivity contribution in [3.05, 3.63) is 11.6 Å². The highest BCUT2D eigenvalue weighted by Gasteiger charge is 2.20. The summed E-state index contributed by atoms with van der Waals surface area (Å²) < 4.78 is 0. The van der Waals surface area contributed by atoms with Gasteiger partial charge in [-0.3, -0.25) is 4.79 Å². The molecular weight excluding hydrogens is 274 g/mol. The van der Waals surface area contributed by atoms with Gasteiger partial charge in [0.1, 0.15) is 6.04 Å². The Balaban J connectivity index is 3.25. The second-order valence-electron chi connectivity index (χ2n) is 3.62. The highest BCUT2D eigenvalue weighted by Crippen LogP contribution is 2.43. The van der Waals surface area contributed by atoms with Crippen molar-refractivity contribution in [3.8, 4) is 11.5 Å². The number of carboxylic acid groups (broad SMARTS) is 1. The molecule has 1 aromatic rings. The summed E-state index contributed by atoms with van der Waals surface area (Å²) in [5, 5.41) is 28.4. The number of nitrogens with two attached hydrogens (primary N) is 1. The number of benzene rings is 1. The van der Waals surface area contributed by atoms with Crippen molar-refractivity contribution in [2.75, 3.05) is 12.5 Å². The minimum Gasteiger partial charge on any atom is -0.503 e. The monoisotopic (exact) mass is 289 g/mol. The van der Waals surface area contributed by atoms with Gasteiger partial charge in [0.25, 0.3) is 0 Å². The summed E-state index contributed by atoms with van der Waals surface area (Å²) in [6, 6.07) is 0.628. The van der Waals surface area contributed by atoms with Gasteiger partial charge in [-0.1, -0.05) is 0 Å². The average molecular weight is 289 g/mol. The third-order valence-electron chi connectivity index (χ3n) is 2.45. The molecule has 0 bridgehead atoms. The quantitative estimate of drug-likeness (QED) is 0.481. The Morgan fingerprint density at radius 3 is 2.39 bits per heavy atom. The van der Waals surface area contributed by atoms with Crippen LogP contribution in [0.1, 0.15) is 5.56 Å². The average Bonchev–Trinajstić information content (AvgIpc) is 2.33. The van der Waals surface area contributed by atoms with Crippen LogP contribution in [0.3, 0.4) is 0 Å². The largest absolute Gasteiger partial charge is 0.503 e. The van der Waals surface area contributed by atoms with Crippen LogP contribution in [0.25, 0.3) is 0 Å². The molecule has 5 nitrogen and oxygen atoms in total. The molecule has 7 heteroatoms. The van der Waals surface area contributed by atoms with E-state index in [1.54, 1.807) is 18.6 Å². The van der Waals surface area contributed by atoms with E-state index in [9.17, 15) is 15.0 Å². The van der Waals surface area contributed by atoms with Gasteiger partial charge in [-0.05, 0) is 30.6 Å². The van der Waals surface area contributed by atoms with Crippen molar-refractivity contribution in [3.63, 3.8) is 0 Å². The molecule has 0 fully saturated rings. The molecule has 0 aromatic heterocycles. The molecule has 0 radical (unpaired) electrons. The molecule has 0 unspecified atom stereocenters. The van der Waals surface area contributed by atoms with Gasteiger partial charge in [0.05, 0.1) is 9.79 Å². The van der Waals surface area contributed by atoms with E-state index < -0.39 is 12.0 Å². The van der Waals surface area contributed by atoms with Crippen LogP contribution in [0.15, 0.2) is 15.9 Å². The number of carboxylic acids is 1. The second-order valence-corrected chi connectivity index (χ2v) is 5.28. The van der Waals surface area contributed by atoms with E-state index in [2.05, 4.69) is 0 Å². The van der Waals surface area contributed by atoms with Gasteiger partial charge in [0, 0.05) is 0 Å². The zero-order valence-corrected chi connectivity index (χ0v) is 11.6. The van der Waals surface area contributed by atoms with Crippen LogP contribution in [0.2, 0.25) is 0 Å². The van der Waals surface area contributed by atoms with Crippen molar-refractivity contribution in [2.24, 2.45) is 5.73 Å². The van der Waals surface area contributed by atoms with Gasteiger partial charge in [-0.15, -0.1) is 23.5 Å². The summed E-state index contributed by atoms with van der Waals surface area (Å²) in [6.45, 7) is 0. The summed E-state index contributed by atoms with van der Waals surface area (Å²) in [5.41, 5.74) is 6.11. The second kappa shape index (κ2) is 6.21. The molecule has 1 atom stereocenters. The first-order valence-corrected chi connectivity index (χ1v) is 7.51. The lowest BCUT2D eigenvalue weighted by atomic mass is 10.1. The molecule has 0 amide bonds. The fourth-order valence-corrected chi connectivity index (χ4v) is 2.77. The molecule has 100 valence electrons. The number of phenolic OH excluding ortho intramolecular Hbond substituents is 2. The number of aliphatic carboxylic acids is 1. The van der Waals surface area contributed by atoms with Crippen LogP contribution in [-0.2, 0) is 11.2 Å². The van der Waals surface area contributed by atoms with Crippen molar-refractivity contribution >= 4 is 29.5 Å². The Bertz CT molecular complexity index is 465. The lowest BCUT2D eigenvalue weighted by Crippen LogP contribution is -2.32. The lowest BCUT2D eigenvalue weighted by Gasteiger charge is -2.15. The van der Waals surface area contributed by atoms with Crippen LogP contribution in [0.4, 0.5) is 0 Å². The molecule has 0 heterocycles. The predicted octanol–water partition coefficient (Wildman–Crippen LogP) is 1.50. The molecule has 5 N–H and O–H groups in total. The van der Waals surface area contributed by atoms with E-state index in [4.69, 9.17) is 10.8 Å². The predicted molar refractivity (Wildman–Crippen MR) is 72.6 cm³/mol. The number of aromatic hydroxyl groups is 2.